The van der Waals surface area contributed by atoms with Gasteiger partial charge in [-0.15, -0.1) is 0 Å². The topological polar surface area (TPSA) is 73.8 Å². The monoisotopic (exact) mass is 360 g/mol. The molecule has 2 unspecified atom stereocenters. The van der Waals surface area contributed by atoms with Gasteiger partial charge in [0.25, 0.3) is 0 Å². The molecule has 1 aliphatic carbocycles. The van der Waals surface area contributed by atoms with E-state index < -0.39 is 10.0 Å². The Kier molecular flexibility index (Phi) is 9.66. The summed E-state index contributed by atoms with van der Waals surface area (Å²) in [5, 5.41) is 6.63. The molecule has 0 aromatic carbocycles. The smallest absolute Gasteiger partial charge is 0.213 e. The van der Waals surface area contributed by atoms with Gasteiger partial charge in [-0.1, -0.05) is 26.2 Å². The molecule has 0 aromatic rings. The van der Waals surface area contributed by atoms with Gasteiger partial charge in [-0.3, -0.25) is 4.99 Å². The van der Waals surface area contributed by atoms with Crippen LogP contribution in [-0.4, -0.2) is 58.2 Å². The number of hydrogen-bond donors (Lipinski definition) is 2. The second-order valence-electron chi connectivity index (χ2n) is 6.93. The summed E-state index contributed by atoms with van der Waals surface area (Å²) in [5.41, 5.74) is 0. The molecule has 0 saturated heterocycles. The van der Waals surface area contributed by atoms with Gasteiger partial charge >= 0.3 is 0 Å². The number of rotatable bonds is 9. The average molecular weight is 361 g/mol. The fourth-order valence-corrected chi connectivity index (χ4v) is 4.15. The maximum absolute atomic E-state index is 11.7. The lowest BCUT2D eigenvalue weighted by molar-refractivity contribution is 0.270. The fourth-order valence-electron chi connectivity index (χ4n) is 3.31. The van der Waals surface area contributed by atoms with Gasteiger partial charge in [0, 0.05) is 33.7 Å². The van der Waals surface area contributed by atoms with Crippen LogP contribution >= 0.6 is 0 Å². The van der Waals surface area contributed by atoms with E-state index in [2.05, 4.69) is 22.5 Å². The Bertz CT molecular complexity index is 479. The van der Waals surface area contributed by atoms with Crippen molar-refractivity contribution in [2.24, 2.45) is 16.8 Å². The summed E-state index contributed by atoms with van der Waals surface area (Å²) >= 11 is 0. The quantitative estimate of drug-likeness (QED) is 0.375. The minimum atomic E-state index is -3.08. The molecule has 1 rings (SSSR count). The maximum atomic E-state index is 11.7. The first-order valence-corrected chi connectivity index (χ1v) is 10.9. The van der Waals surface area contributed by atoms with Crippen molar-refractivity contribution < 1.29 is 8.42 Å². The van der Waals surface area contributed by atoms with Crippen molar-refractivity contribution in [3.05, 3.63) is 0 Å². The van der Waals surface area contributed by atoms with Gasteiger partial charge in [-0.05, 0) is 38.0 Å². The predicted molar refractivity (Wildman–Crippen MR) is 102 cm³/mol. The van der Waals surface area contributed by atoms with Crippen LogP contribution in [0.5, 0.6) is 0 Å². The molecule has 142 valence electrons. The zero-order valence-corrected chi connectivity index (χ0v) is 16.7. The van der Waals surface area contributed by atoms with Crippen LogP contribution in [0.3, 0.4) is 0 Å². The predicted octanol–water partition coefficient (Wildman–Crippen LogP) is 2.04. The fraction of sp³-hybridized carbons (Fsp3) is 0.941. The Morgan fingerprint density at radius 1 is 1.25 bits per heavy atom. The first-order valence-electron chi connectivity index (χ1n) is 9.27. The summed E-state index contributed by atoms with van der Waals surface area (Å²) in [6.07, 6.45) is 7.42. The molecule has 0 aliphatic heterocycles. The highest BCUT2D eigenvalue weighted by atomic mass is 32.2. The van der Waals surface area contributed by atoms with Crippen LogP contribution in [-0.2, 0) is 10.0 Å². The highest BCUT2D eigenvalue weighted by molar-refractivity contribution is 7.89. The van der Waals surface area contributed by atoms with Crippen LogP contribution in [0.15, 0.2) is 4.99 Å². The third-order valence-corrected chi connectivity index (χ3v) is 6.76. The van der Waals surface area contributed by atoms with Crippen molar-refractivity contribution in [1.82, 2.24) is 14.9 Å². The highest BCUT2D eigenvalue weighted by Crippen LogP contribution is 2.30. The van der Waals surface area contributed by atoms with Crippen molar-refractivity contribution >= 4 is 16.0 Å². The van der Waals surface area contributed by atoms with Crippen molar-refractivity contribution in [2.75, 3.05) is 39.5 Å². The van der Waals surface area contributed by atoms with Crippen molar-refractivity contribution in [3.8, 4) is 0 Å². The van der Waals surface area contributed by atoms with E-state index in [1.54, 1.807) is 21.0 Å². The van der Waals surface area contributed by atoms with Crippen molar-refractivity contribution in [1.29, 1.82) is 0 Å². The van der Waals surface area contributed by atoms with Crippen LogP contribution in [0.4, 0.5) is 0 Å². The Labute approximate surface area is 148 Å². The zero-order chi connectivity index (χ0) is 18.0. The number of nitrogens with one attached hydrogen (secondary N) is 2. The van der Waals surface area contributed by atoms with E-state index in [-0.39, 0.29) is 5.75 Å². The normalized spacial score (nSPS) is 22.6. The Morgan fingerprint density at radius 2 is 1.96 bits per heavy atom. The molecule has 0 aromatic heterocycles. The van der Waals surface area contributed by atoms with Crippen LogP contribution in [0.25, 0.3) is 0 Å². The second-order valence-corrected chi connectivity index (χ2v) is 9.29. The summed E-state index contributed by atoms with van der Waals surface area (Å²) in [6, 6.07) is 0. The zero-order valence-electron chi connectivity index (χ0n) is 15.8. The lowest BCUT2D eigenvalue weighted by Gasteiger charge is -2.26. The third-order valence-electron chi connectivity index (χ3n) is 4.90. The highest BCUT2D eigenvalue weighted by Gasteiger charge is 2.18. The lowest BCUT2D eigenvalue weighted by atomic mass is 9.81. The van der Waals surface area contributed by atoms with Crippen LogP contribution in [0, 0.1) is 11.8 Å². The van der Waals surface area contributed by atoms with Crippen molar-refractivity contribution in [3.63, 3.8) is 0 Å². The number of aliphatic imine (C=N–C) groups is 1. The first-order chi connectivity index (χ1) is 11.4. The minimum absolute atomic E-state index is 0.153. The van der Waals surface area contributed by atoms with E-state index in [0.717, 1.165) is 30.8 Å². The third kappa shape index (κ3) is 7.83. The molecule has 2 N–H and O–H groups in total. The standard InChI is InChI=1S/C17H36N4O2S/c1-5-24(22,23)21(4)13-7-11-19-17(18-3)20-12-10-16-9-6-8-15(2)14-16/h15-16H,5-14H2,1-4H3,(H2,18,19,20). The molecule has 2 atom stereocenters. The molecule has 1 fully saturated rings. The van der Waals surface area contributed by atoms with Crippen LogP contribution in [0.1, 0.15) is 52.4 Å². The van der Waals surface area contributed by atoms with E-state index in [9.17, 15) is 8.42 Å². The van der Waals surface area contributed by atoms with Gasteiger partial charge in [-0.25, -0.2) is 12.7 Å². The van der Waals surface area contributed by atoms with Crippen LogP contribution in [0.2, 0.25) is 0 Å². The molecule has 0 spiro atoms. The van der Waals surface area contributed by atoms with Gasteiger partial charge in [0.2, 0.25) is 10.0 Å². The van der Waals surface area contributed by atoms with Gasteiger partial charge in [0.05, 0.1) is 5.75 Å². The first kappa shape index (κ1) is 21.2. The molecule has 0 amide bonds. The number of hydrogen-bond acceptors (Lipinski definition) is 3. The summed E-state index contributed by atoms with van der Waals surface area (Å²) in [6.45, 7) is 6.21. The molecule has 0 radical (unpaired) electrons. The molecular weight excluding hydrogens is 324 g/mol. The average Bonchev–Trinajstić information content (AvgIpc) is 2.56. The largest absolute Gasteiger partial charge is 0.356 e. The van der Waals surface area contributed by atoms with E-state index >= 15 is 0 Å². The molecule has 24 heavy (non-hydrogen) atoms. The van der Waals surface area contributed by atoms with E-state index in [4.69, 9.17) is 0 Å². The molecule has 6 nitrogen and oxygen atoms in total. The second kappa shape index (κ2) is 10.9. The molecule has 0 heterocycles. The Balaban J connectivity index is 2.17. The van der Waals surface area contributed by atoms with Gasteiger partial charge in [0.15, 0.2) is 5.96 Å². The van der Waals surface area contributed by atoms with Crippen LogP contribution < -0.4 is 10.6 Å². The van der Waals surface area contributed by atoms with Gasteiger partial charge < -0.3 is 10.6 Å². The van der Waals surface area contributed by atoms with Crippen molar-refractivity contribution in [2.45, 2.75) is 52.4 Å². The maximum Gasteiger partial charge on any atom is 0.213 e. The summed E-state index contributed by atoms with van der Waals surface area (Å²) < 4.78 is 24.8. The van der Waals surface area contributed by atoms with E-state index in [1.807, 2.05) is 0 Å². The van der Waals surface area contributed by atoms with E-state index in [0.29, 0.717) is 13.1 Å². The molecule has 1 saturated carbocycles. The summed E-state index contributed by atoms with van der Waals surface area (Å²) in [4.78, 5) is 4.23. The number of guanidine groups is 1. The molecular formula is C17H36N4O2S. The SMILES string of the molecule is CCS(=O)(=O)N(C)CCCNC(=NC)NCCC1CCCC(C)C1. The molecule has 1 aliphatic rings. The Morgan fingerprint density at radius 3 is 2.58 bits per heavy atom. The molecule has 7 heteroatoms. The summed E-state index contributed by atoms with van der Waals surface area (Å²) in [7, 11) is 0.330. The van der Waals surface area contributed by atoms with Gasteiger partial charge in [-0.2, -0.15) is 0 Å². The number of nitrogens with zero attached hydrogens (tertiary/aromatic N) is 2. The number of sulfonamides is 1. The minimum Gasteiger partial charge on any atom is -0.356 e. The molecule has 0 bridgehead atoms. The lowest BCUT2D eigenvalue weighted by Crippen LogP contribution is -2.40. The summed E-state index contributed by atoms with van der Waals surface area (Å²) in [5.74, 6) is 2.67. The Hall–Kier alpha value is -0.820. The van der Waals surface area contributed by atoms with E-state index in [1.165, 1.54) is 36.4 Å². The van der Waals surface area contributed by atoms with Gasteiger partial charge in [0.1, 0.15) is 0 Å².